The fourth-order valence-corrected chi connectivity index (χ4v) is 3.86. The van der Waals surface area contributed by atoms with Gasteiger partial charge in [0.15, 0.2) is 0 Å². The van der Waals surface area contributed by atoms with Crippen molar-refractivity contribution in [2.45, 2.75) is 25.2 Å². The average Bonchev–Trinajstić information content (AvgIpc) is 2.24. The van der Waals surface area contributed by atoms with E-state index in [4.69, 9.17) is 4.74 Å². The molecule has 1 N–H and O–H groups in total. The molecule has 3 heteroatoms. The van der Waals surface area contributed by atoms with Crippen molar-refractivity contribution in [1.82, 2.24) is 5.32 Å². The van der Waals surface area contributed by atoms with E-state index >= 15 is 0 Å². The van der Waals surface area contributed by atoms with Gasteiger partial charge < -0.3 is 4.74 Å². The minimum atomic E-state index is -1.20. The Balaban J connectivity index is 2.73. The van der Waals surface area contributed by atoms with Gasteiger partial charge in [-0.1, -0.05) is 50.0 Å². The zero-order chi connectivity index (χ0) is 12.0. The highest BCUT2D eigenvalue weighted by Crippen LogP contribution is 2.26. The molecule has 0 saturated heterocycles. The molecule has 0 saturated carbocycles. The lowest BCUT2D eigenvalue weighted by Gasteiger charge is -2.29. The molecule has 1 aromatic rings. The van der Waals surface area contributed by atoms with E-state index in [-0.39, 0.29) is 0 Å². The quantitative estimate of drug-likeness (QED) is 0.467. The van der Waals surface area contributed by atoms with Crippen molar-refractivity contribution in [3.8, 4) is 0 Å². The van der Waals surface area contributed by atoms with Gasteiger partial charge in [-0.2, -0.15) is 0 Å². The van der Waals surface area contributed by atoms with Crippen LogP contribution in [0.25, 0.3) is 0 Å². The standard InChI is InChI=1S/C13H23NOSi/c1-15-11-14-10-13(16(2,3)4)12-8-6-5-7-9-12/h5-9,13-14H,10-11H2,1-4H3. The van der Waals surface area contributed by atoms with Gasteiger partial charge in [-0.15, -0.1) is 0 Å². The summed E-state index contributed by atoms with van der Waals surface area (Å²) in [5.41, 5.74) is 2.09. The van der Waals surface area contributed by atoms with Crippen LogP contribution in [0.1, 0.15) is 11.1 Å². The lowest BCUT2D eigenvalue weighted by molar-refractivity contribution is 0.175. The number of rotatable bonds is 6. The summed E-state index contributed by atoms with van der Waals surface area (Å²) in [5.74, 6) is 0. The van der Waals surface area contributed by atoms with Crippen LogP contribution in [0, 0.1) is 0 Å². The van der Waals surface area contributed by atoms with Gasteiger partial charge in [0.2, 0.25) is 0 Å². The highest BCUT2D eigenvalue weighted by molar-refractivity contribution is 6.77. The van der Waals surface area contributed by atoms with Crippen LogP contribution in [0.3, 0.4) is 0 Å². The highest BCUT2D eigenvalue weighted by atomic mass is 28.3. The van der Waals surface area contributed by atoms with E-state index in [1.807, 2.05) is 0 Å². The summed E-state index contributed by atoms with van der Waals surface area (Å²) >= 11 is 0. The molecule has 16 heavy (non-hydrogen) atoms. The summed E-state index contributed by atoms with van der Waals surface area (Å²) in [4.78, 5) is 0. The van der Waals surface area contributed by atoms with Gasteiger partial charge in [-0.05, 0) is 11.1 Å². The third-order valence-electron chi connectivity index (χ3n) is 2.84. The SMILES string of the molecule is COCNCC(c1ccccc1)[Si](C)(C)C. The van der Waals surface area contributed by atoms with E-state index in [0.717, 1.165) is 6.54 Å². The first-order chi connectivity index (χ1) is 7.55. The van der Waals surface area contributed by atoms with Gasteiger partial charge in [-0.3, -0.25) is 5.32 Å². The van der Waals surface area contributed by atoms with Crippen LogP contribution in [0.4, 0.5) is 0 Å². The summed E-state index contributed by atoms with van der Waals surface area (Å²) < 4.78 is 5.05. The van der Waals surface area contributed by atoms with Gasteiger partial charge in [0.05, 0.1) is 14.8 Å². The van der Waals surface area contributed by atoms with Crippen molar-refractivity contribution in [3.05, 3.63) is 35.9 Å². The summed E-state index contributed by atoms with van der Waals surface area (Å²) in [5, 5.41) is 3.35. The molecule has 0 fully saturated rings. The Morgan fingerprint density at radius 3 is 2.31 bits per heavy atom. The lowest BCUT2D eigenvalue weighted by Crippen LogP contribution is -2.38. The van der Waals surface area contributed by atoms with Crippen LogP contribution in [-0.4, -0.2) is 28.5 Å². The van der Waals surface area contributed by atoms with Crippen LogP contribution in [0.15, 0.2) is 30.3 Å². The second-order valence-electron chi connectivity index (χ2n) is 5.22. The van der Waals surface area contributed by atoms with Crippen LogP contribution in [0.5, 0.6) is 0 Å². The topological polar surface area (TPSA) is 21.3 Å². The molecule has 2 nitrogen and oxygen atoms in total. The fourth-order valence-electron chi connectivity index (χ4n) is 1.91. The molecule has 1 atom stereocenters. The number of hydrogen-bond acceptors (Lipinski definition) is 2. The molecular formula is C13H23NOSi. The predicted octanol–water partition coefficient (Wildman–Crippen LogP) is 2.84. The minimum absolute atomic E-state index is 0.633. The maximum Gasteiger partial charge on any atom is 0.0961 e. The summed E-state index contributed by atoms with van der Waals surface area (Å²) in [6, 6.07) is 10.8. The maximum absolute atomic E-state index is 5.05. The Morgan fingerprint density at radius 1 is 1.19 bits per heavy atom. The molecule has 0 bridgehead atoms. The minimum Gasteiger partial charge on any atom is -0.370 e. The molecule has 0 radical (unpaired) electrons. The van der Waals surface area contributed by atoms with E-state index in [9.17, 15) is 0 Å². The first-order valence-corrected chi connectivity index (χ1v) is 9.38. The molecule has 0 aliphatic heterocycles. The van der Waals surface area contributed by atoms with Crippen molar-refractivity contribution in [2.75, 3.05) is 20.4 Å². The third-order valence-corrected chi connectivity index (χ3v) is 5.47. The van der Waals surface area contributed by atoms with Crippen LogP contribution >= 0.6 is 0 Å². The van der Waals surface area contributed by atoms with E-state index in [1.54, 1.807) is 7.11 Å². The first-order valence-electron chi connectivity index (χ1n) is 5.80. The molecule has 1 aromatic carbocycles. The molecule has 0 amide bonds. The molecule has 90 valence electrons. The predicted molar refractivity (Wildman–Crippen MR) is 72.4 cm³/mol. The molecule has 1 rings (SSSR count). The van der Waals surface area contributed by atoms with Crippen molar-refractivity contribution < 1.29 is 4.74 Å². The molecule has 0 spiro atoms. The monoisotopic (exact) mass is 237 g/mol. The fraction of sp³-hybridized carbons (Fsp3) is 0.538. The Kier molecular flexibility index (Phi) is 5.18. The molecule has 1 unspecified atom stereocenters. The Hall–Kier alpha value is -0.643. The average molecular weight is 237 g/mol. The first kappa shape index (κ1) is 13.4. The highest BCUT2D eigenvalue weighted by Gasteiger charge is 2.27. The second kappa shape index (κ2) is 6.18. The molecule has 0 heterocycles. The summed E-state index contributed by atoms with van der Waals surface area (Å²) in [6.45, 7) is 8.89. The lowest BCUT2D eigenvalue weighted by atomic mass is 10.1. The number of hydrogen-bond donors (Lipinski definition) is 1. The van der Waals surface area contributed by atoms with E-state index in [1.165, 1.54) is 5.56 Å². The third kappa shape index (κ3) is 4.08. The van der Waals surface area contributed by atoms with Crippen molar-refractivity contribution in [2.24, 2.45) is 0 Å². The Morgan fingerprint density at radius 2 is 1.81 bits per heavy atom. The molecule has 0 aliphatic rings. The van der Waals surface area contributed by atoms with Crippen molar-refractivity contribution >= 4 is 8.07 Å². The van der Waals surface area contributed by atoms with Crippen LogP contribution in [-0.2, 0) is 4.74 Å². The summed E-state index contributed by atoms with van der Waals surface area (Å²) in [6.07, 6.45) is 0. The largest absolute Gasteiger partial charge is 0.370 e. The maximum atomic E-state index is 5.05. The van der Waals surface area contributed by atoms with Crippen molar-refractivity contribution in [1.29, 1.82) is 0 Å². The van der Waals surface area contributed by atoms with E-state index in [0.29, 0.717) is 12.3 Å². The number of ether oxygens (including phenoxy) is 1. The van der Waals surface area contributed by atoms with Crippen LogP contribution < -0.4 is 5.32 Å². The van der Waals surface area contributed by atoms with Gasteiger partial charge >= 0.3 is 0 Å². The zero-order valence-electron chi connectivity index (χ0n) is 10.8. The smallest absolute Gasteiger partial charge is 0.0961 e. The van der Waals surface area contributed by atoms with Crippen LogP contribution in [0.2, 0.25) is 19.6 Å². The molecular weight excluding hydrogens is 214 g/mol. The van der Waals surface area contributed by atoms with Gasteiger partial charge in [-0.25, -0.2) is 0 Å². The second-order valence-corrected chi connectivity index (χ2v) is 10.6. The number of methoxy groups -OCH3 is 1. The Labute approximate surface area is 100 Å². The van der Waals surface area contributed by atoms with Gasteiger partial charge in [0.1, 0.15) is 0 Å². The molecule has 0 aromatic heterocycles. The molecule has 0 aliphatic carbocycles. The normalized spacial score (nSPS) is 13.8. The summed E-state index contributed by atoms with van der Waals surface area (Å²) in [7, 11) is 0.526. The Bertz CT molecular complexity index is 295. The zero-order valence-corrected chi connectivity index (χ0v) is 11.8. The van der Waals surface area contributed by atoms with Gasteiger partial charge in [0.25, 0.3) is 0 Å². The van der Waals surface area contributed by atoms with E-state index in [2.05, 4.69) is 55.3 Å². The van der Waals surface area contributed by atoms with Gasteiger partial charge in [0, 0.05) is 13.7 Å². The van der Waals surface area contributed by atoms with Crippen molar-refractivity contribution in [3.63, 3.8) is 0 Å². The number of benzene rings is 1. The number of nitrogens with one attached hydrogen (secondary N) is 1. The van der Waals surface area contributed by atoms with E-state index < -0.39 is 8.07 Å².